The van der Waals surface area contributed by atoms with Gasteiger partial charge in [-0.3, -0.25) is 14.8 Å². The van der Waals surface area contributed by atoms with Gasteiger partial charge in [-0.25, -0.2) is 12.8 Å². The Labute approximate surface area is 176 Å². The molecule has 0 fully saturated rings. The van der Waals surface area contributed by atoms with E-state index in [1.54, 1.807) is 12.1 Å². The minimum Gasteiger partial charge on any atom is -0.403 e. The molecule has 0 spiro atoms. The fourth-order valence-electron chi connectivity index (χ4n) is 2.66. The number of halogens is 1. The van der Waals surface area contributed by atoms with Crippen molar-refractivity contribution in [1.82, 2.24) is 10.2 Å². The number of anilines is 2. The van der Waals surface area contributed by atoms with E-state index in [1.165, 1.54) is 24.3 Å². The van der Waals surface area contributed by atoms with Gasteiger partial charge in [0.05, 0.1) is 4.90 Å². The SMILES string of the molecule is O=C(Nc1nnc(-c2ccccc2)o1)c1ccc(NS(=O)(=O)c2ccc(F)cc2)cc1. The summed E-state index contributed by atoms with van der Waals surface area (Å²) in [5.41, 5.74) is 1.21. The summed E-state index contributed by atoms with van der Waals surface area (Å²) >= 11 is 0. The highest BCUT2D eigenvalue weighted by Gasteiger charge is 2.16. The first kappa shape index (κ1) is 20.2. The fourth-order valence-corrected chi connectivity index (χ4v) is 3.72. The molecule has 4 rings (SSSR count). The average molecular weight is 438 g/mol. The van der Waals surface area contributed by atoms with Gasteiger partial charge in [0.1, 0.15) is 5.82 Å². The summed E-state index contributed by atoms with van der Waals surface area (Å²) in [6, 6.07) is 19.2. The summed E-state index contributed by atoms with van der Waals surface area (Å²) in [6.45, 7) is 0. The van der Waals surface area contributed by atoms with Crippen LogP contribution in [0.3, 0.4) is 0 Å². The first-order valence-electron chi connectivity index (χ1n) is 8.99. The molecule has 0 aliphatic carbocycles. The normalized spacial score (nSPS) is 11.1. The van der Waals surface area contributed by atoms with Crippen LogP contribution in [0.5, 0.6) is 0 Å². The number of amides is 1. The van der Waals surface area contributed by atoms with Crippen molar-refractivity contribution in [2.45, 2.75) is 4.90 Å². The topological polar surface area (TPSA) is 114 Å². The molecule has 8 nitrogen and oxygen atoms in total. The molecule has 0 aliphatic rings. The molecule has 0 saturated heterocycles. The summed E-state index contributed by atoms with van der Waals surface area (Å²) in [6.07, 6.45) is 0. The molecule has 10 heteroatoms. The average Bonchev–Trinajstić information content (AvgIpc) is 3.23. The standard InChI is InChI=1S/C21H15FN4O4S/c22-16-8-12-18(13-9-16)31(28,29)26-17-10-6-14(7-11-17)19(27)23-21-25-24-20(30-21)15-4-2-1-3-5-15/h1-13,26H,(H,23,25,27). The van der Waals surface area contributed by atoms with Gasteiger partial charge in [-0.2, -0.15) is 0 Å². The smallest absolute Gasteiger partial charge is 0.322 e. The van der Waals surface area contributed by atoms with Crippen LogP contribution in [0.1, 0.15) is 10.4 Å². The van der Waals surface area contributed by atoms with Crippen molar-refractivity contribution in [2.75, 3.05) is 10.0 Å². The van der Waals surface area contributed by atoms with Crippen LogP contribution >= 0.6 is 0 Å². The third-order valence-corrected chi connectivity index (χ3v) is 5.59. The van der Waals surface area contributed by atoms with Gasteiger partial charge < -0.3 is 4.42 Å². The van der Waals surface area contributed by atoms with E-state index >= 15 is 0 Å². The zero-order valence-corrected chi connectivity index (χ0v) is 16.6. The maximum absolute atomic E-state index is 13.0. The summed E-state index contributed by atoms with van der Waals surface area (Å²) < 4.78 is 45.5. The van der Waals surface area contributed by atoms with Crippen LogP contribution in [0, 0.1) is 5.82 Å². The molecule has 3 aromatic carbocycles. The number of sulfonamides is 1. The van der Waals surface area contributed by atoms with Gasteiger partial charge in [-0.15, -0.1) is 5.10 Å². The van der Waals surface area contributed by atoms with E-state index in [9.17, 15) is 17.6 Å². The number of benzene rings is 3. The predicted octanol–water partition coefficient (Wildman–Crippen LogP) is 3.93. The van der Waals surface area contributed by atoms with Crippen LogP contribution in [0.2, 0.25) is 0 Å². The van der Waals surface area contributed by atoms with Crippen LogP contribution in [0.25, 0.3) is 11.5 Å². The molecule has 1 aromatic heterocycles. The Morgan fingerprint density at radius 2 is 1.55 bits per heavy atom. The van der Waals surface area contributed by atoms with E-state index in [2.05, 4.69) is 20.2 Å². The predicted molar refractivity (Wildman–Crippen MR) is 111 cm³/mol. The Hall–Kier alpha value is -4.05. The molecule has 0 aliphatic heterocycles. The number of nitrogens with zero attached hydrogens (tertiary/aromatic N) is 2. The molecule has 0 bridgehead atoms. The lowest BCUT2D eigenvalue weighted by Gasteiger charge is -2.08. The first-order valence-corrected chi connectivity index (χ1v) is 10.5. The molecule has 1 heterocycles. The lowest BCUT2D eigenvalue weighted by molar-refractivity contribution is 0.102. The van der Waals surface area contributed by atoms with Gasteiger partial charge in [0, 0.05) is 16.8 Å². The lowest BCUT2D eigenvalue weighted by Crippen LogP contribution is -2.14. The largest absolute Gasteiger partial charge is 0.403 e. The second kappa shape index (κ2) is 8.36. The van der Waals surface area contributed by atoms with Gasteiger partial charge in [0.25, 0.3) is 15.9 Å². The molecule has 0 unspecified atom stereocenters. The first-order chi connectivity index (χ1) is 14.9. The highest BCUT2D eigenvalue weighted by atomic mass is 32.2. The zero-order valence-electron chi connectivity index (χ0n) is 15.8. The Kier molecular flexibility index (Phi) is 5.46. The van der Waals surface area contributed by atoms with Crippen LogP contribution in [-0.2, 0) is 10.0 Å². The van der Waals surface area contributed by atoms with E-state index in [0.717, 1.165) is 24.3 Å². The van der Waals surface area contributed by atoms with Crippen molar-refractivity contribution in [1.29, 1.82) is 0 Å². The number of hydrogen-bond donors (Lipinski definition) is 2. The maximum Gasteiger partial charge on any atom is 0.322 e. The molecule has 0 atom stereocenters. The van der Waals surface area contributed by atoms with Crippen LogP contribution in [0.15, 0.2) is 88.2 Å². The summed E-state index contributed by atoms with van der Waals surface area (Å²) in [4.78, 5) is 12.3. The monoisotopic (exact) mass is 438 g/mol. The second-order valence-electron chi connectivity index (χ2n) is 6.37. The zero-order chi connectivity index (χ0) is 21.8. The van der Waals surface area contributed by atoms with Crippen molar-refractivity contribution >= 4 is 27.6 Å². The van der Waals surface area contributed by atoms with E-state index in [0.29, 0.717) is 5.56 Å². The van der Waals surface area contributed by atoms with Crippen molar-refractivity contribution in [2.24, 2.45) is 0 Å². The fraction of sp³-hybridized carbons (Fsp3) is 0. The van der Waals surface area contributed by atoms with Gasteiger partial charge in [0.2, 0.25) is 5.89 Å². The molecule has 156 valence electrons. The molecule has 0 saturated carbocycles. The lowest BCUT2D eigenvalue weighted by atomic mass is 10.2. The third-order valence-electron chi connectivity index (χ3n) is 4.19. The van der Waals surface area contributed by atoms with Crippen molar-refractivity contribution in [3.05, 3.63) is 90.2 Å². The number of aromatic nitrogens is 2. The number of hydrogen-bond acceptors (Lipinski definition) is 6. The summed E-state index contributed by atoms with van der Waals surface area (Å²) in [5, 5.41) is 10.2. The van der Waals surface area contributed by atoms with E-state index in [-0.39, 0.29) is 28.1 Å². The van der Waals surface area contributed by atoms with Crippen LogP contribution < -0.4 is 10.0 Å². The van der Waals surface area contributed by atoms with Crippen molar-refractivity contribution in [3.63, 3.8) is 0 Å². The van der Waals surface area contributed by atoms with Gasteiger partial charge in [-0.05, 0) is 60.7 Å². The minimum absolute atomic E-state index is 0.0649. The molecule has 0 radical (unpaired) electrons. The Morgan fingerprint density at radius 3 is 2.23 bits per heavy atom. The molecule has 4 aromatic rings. The second-order valence-corrected chi connectivity index (χ2v) is 8.05. The van der Waals surface area contributed by atoms with Gasteiger partial charge in [-0.1, -0.05) is 23.3 Å². The number of carbonyl (C=O) groups excluding carboxylic acids is 1. The minimum atomic E-state index is -3.89. The van der Waals surface area contributed by atoms with E-state index in [4.69, 9.17) is 4.42 Å². The number of nitrogens with one attached hydrogen (secondary N) is 2. The summed E-state index contributed by atoms with van der Waals surface area (Å²) in [5.74, 6) is -0.774. The van der Waals surface area contributed by atoms with Crippen molar-refractivity contribution < 1.29 is 22.0 Å². The van der Waals surface area contributed by atoms with Crippen molar-refractivity contribution in [3.8, 4) is 11.5 Å². The molecular weight excluding hydrogens is 423 g/mol. The molecule has 1 amide bonds. The highest BCUT2D eigenvalue weighted by Crippen LogP contribution is 2.20. The molecular formula is C21H15FN4O4S. The van der Waals surface area contributed by atoms with Crippen LogP contribution in [-0.4, -0.2) is 24.5 Å². The third kappa shape index (κ3) is 4.75. The highest BCUT2D eigenvalue weighted by molar-refractivity contribution is 7.92. The Bertz CT molecular complexity index is 1310. The number of carbonyl (C=O) groups is 1. The van der Waals surface area contributed by atoms with E-state index < -0.39 is 21.7 Å². The Morgan fingerprint density at radius 1 is 0.871 bits per heavy atom. The number of rotatable bonds is 6. The van der Waals surface area contributed by atoms with Gasteiger partial charge >= 0.3 is 6.01 Å². The molecule has 31 heavy (non-hydrogen) atoms. The maximum atomic E-state index is 13.0. The molecule has 2 N–H and O–H groups in total. The summed E-state index contributed by atoms with van der Waals surface area (Å²) in [7, 11) is -3.89. The van der Waals surface area contributed by atoms with Gasteiger partial charge in [0.15, 0.2) is 0 Å². The quantitative estimate of drug-likeness (QED) is 0.471. The Balaban J connectivity index is 1.43. The van der Waals surface area contributed by atoms with E-state index in [1.807, 2.05) is 18.2 Å². The van der Waals surface area contributed by atoms with Crippen LogP contribution in [0.4, 0.5) is 16.1 Å².